The number of aryl methyl sites for hydroxylation is 1. The Morgan fingerprint density at radius 2 is 1.93 bits per heavy atom. The number of ether oxygens (including phenoxy) is 2. The first-order chi connectivity index (χ1) is 14.6. The van der Waals surface area contributed by atoms with E-state index in [2.05, 4.69) is 15.3 Å². The van der Waals surface area contributed by atoms with Crippen molar-refractivity contribution in [3.05, 3.63) is 70.7 Å². The fraction of sp³-hybridized carbons (Fsp3) is 0.136. The molecular formula is C22H19N3O4S. The average Bonchev–Trinajstić information content (AvgIpc) is 3.17. The van der Waals surface area contributed by atoms with Crippen LogP contribution in [0.4, 0.5) is 10.8 Å². The van der Waals surface area contributed by atoms with Crippen LogP contribution in [0, 0.1) is 6.92 Å². The molecule has 4 rings (SSSR count). The lowest BCUT2D eigenvalue weighted by Gasteiger charge is -2.08. The number of rotatable bonds is 5. The van der Waals surface area contributed by atoms with Gasteiger partial charge in [-0.1, -0.05) is 12.1 Å². The molecule has 0 atom stereocenters. The van der Waals surface area contributed by atoms with E-state index in [1.54, 1.807) is 50.6 Å². The van der Waals surface area contributed by atoms with Gasteiger partial charge in [0, 0.05) is 10.8 Å². The van der Waals surface area contributed by atoms with Gasteiger partial charge in [-0.3, -0.25) is 10.1 Å². The number of carbonyl (C=O) groups excluding carboxylic acids is 1. The van der Waals surface area contributed by atoms with Crippen molar-refractivity contribution in [3.63, 3.8) is 0 Å². The van der Waals surface area contributed by atoms with E-state index in [0.717, 1.165) is 11.1 Å². The highest BCUT2D eigenvalue weighted by Crippen LogP contribution is 2.26. The van der Waals surface area contributed by atoms with Crippen molar-refractivity contribution in [2.45, 2.75) is 6.92 Å². The van der Waals surface area contributed by atoms with Crippen LogP contribution in [0.15, 0.2) is 63.3 Å². The van der Waals surface area contributed by atoms with Crippen molar-refractivity contribution >= 4 is 39.0 Å². The second-order valence-corrected chi connectivity index (χ2v) is 7.26. The smallest absolute Gasteiger partial charge is 0.262 e. The number of amides is 1. The Kier molecular flexibility index (Phi) is 5.49. The van der Waals surface area contributed by atoms with E-state index in [-0.39, 0.29) is 11.5 Å². The number of thiazole rings is 1. The number of aromatic nitrogens is 1. The van der Waals surface area contributed by atoms with Crippen LogP contribution in [0.25, 0.3) is 11.0 Å². The van der Waals surface area contributed by atoms with Gasteiger partial charge in [0.2, 0.25) is 5.55 Å². The molecule has 30 heavy (non-hydrogen) atoms. The number of para-hydroxylation sites is 1. The molecule has 2 heterocycles. The van der Waals surface area contributed by atoms with Crippen molar-refractivity contribution in [3.8, 4) is 11.5 Å². The zero-order valence-corrected chi connectivity index (χ0v) is 17.4. The van der Waals surface area contributed by atoms with Gasteiger partial charge >= 0.3 is 0 Å². The van der Waals surface area contributed by atoms with Crippen LogP contribution in [-0.4, -0.2) is 25.1 Å². The summed E-state index contributed by atoms with van der Waals surface area (Å²) in [5, 5.41) is 5.92. The largest absolute Gasteiger partial charge is 0.497 e. The summed E-state index contributed by atoms with van der Waals surface area (Å²) >= 11 is 1.36. The molecule has 0 unspecified atom stereocenters. The summed E-state index contributed by atoms with van der Waals surface area (Å²) in [5.41, 5.74) is 2.43. The summed E-state index contributed by atoms with van der Waals surface area (Å²) in [6, 6.07) is 14.4. The number of anilines is 1. The maximum atomic E-state index is 13.0. The molecule has 0 radical (unpaired) electrons. The first-order valence-corrected chi connectivity index (χ1v) is 9.98. The van der Waals surface area contributed by atoms with Crippen LogP contribution in [0.2, 0.25) is 0 Å². The van der Waals surface area contributed by atoms with Gasteiger partial charge in [-0.2, -0.15) is 0 Å². The monoisotopic (exact) mass is 421 g/mol. The summed E-state index contributed by atoms with van der Waals surface area (Å²) in [6.45, 7) is 1.87. The van der Waals surface area contributed by atoms with Crippen LogP contribution in [-0.2, 0) is 0 Å². The highest BCUT2D eigenvalue weighted by Gasteiger charge is 2.16. The third-order valence-corrected chi connectivity index (χ3v) is 5.22. The maximum Gasteiger partial charge on any atom is 0.262 e. The molecule has 0 aliphatic carbocycles. The van der Waals surface area contributed by atoms with E-state index in [4.69, 9.17) is 13.9 Å². The normalized spacial score (nSPS) is 11.5. The van der Waals surface area contributed by atoms with E-state index >= 15 is 0 Å². The van der Waals surface area contributed by atoms with Crippen LogP contribution in [0.1, 0.15) is 16.1 Å². The number of nitrogens with one attached hydrogen (secondary N) is 1. The molecule has 0 saturated heterocycles. The van der Waals surface area contributed by atoms with E-state index in [1.165, 1.54) is 11.3 Å². The number of nitrogens with zero attached hydrogens (tertiary/aromatic N) is 2. The molecule has 1 N–H and O–H groups in total. The highest BCUT2D eigenvalue weighted by atomic mass is 32.1. The fourth-order valence-electron chi connectivity index (χ4n) is 2.88. The number of hydrogen-bond donors (Lipinski definition) is 1. The molecule has 0 aliphatic heterocycles. The molecule has 2 aromatic heterocycles. The van der Waals surface area contributed by atoms with Gasteiger partial charge < -0.3 is 13.9 Å². The van der Waals surface area contributed by atoms with Gasteiger partial charge in [-0.15, -0.1) is 11.3 Å². The first kappa shape index (κ1) is 19.7. The minimum absolute atomic E-state index is 0.169. The Labute approximate surface area is 176 Å². The summed E-state index contributed by atoms with van der Waals surface area (Å²) in [4.78, 5) is 21.9. The summed E-state index contributed by atoms with van der Waals surface area (Å²) < 4.78 is 16.6. The molecule has 152 valence electrons. The van der Waals surface area contributed by atoms with Gasteiger partial charge in [-0.05, 0) is 43.3 Å². The average molecular weight is 421 g/mol. The lowest BCUT2D eigenvalue weighted by molar-refractivity contribution is 0.102. The quantitative estimate of drug-likeness (QED) is 0.505. The molecule has 8 heteroatoms. The van der Waals surface area contributed by atoms with E-state index in [1.807, 2.05) is 24.4 Å². The van der Waals surface area contributed by atoms with E-state index in [9.17, 15) is 4.79 Å². The van der Waals surface area contributed by atoms with Crippen LogP contribution < -0.4 is 20.3 Å². The molecule has 0 fully saturated rings. The topological polar surface area (TPSA) is 86.0 Å². The van der Waals surface area contributed by atoms with Gasteiger partial charge in [0.05, 0.1) is 25.6 Å². The minimum Gasteiger partial charge on any atom is -0.497 e. The number of benzene rings is 2. The Morgan fingerprint density at radius 1 is 1.13 bits per heavy atom. The Morgan fingerprint density at radius 3 is 2.60 bits per heavy atom. The molecule has 4 aromatic rings. The van der Waals surface area contributed by atoms with Gasteiger partial charge in [0.15, 0.2) is 16.5 Å². The summed E-state index contributed by atoms with van der Waals surface area (Å²) in [7, 11) is 3.16. The van der Waals surface area contributed by atoms with Crippen molar-refractivity contribution in [2.75, 3.05) is 19.5 Å². The summed E-state index contributed by atoms with van der Waals surface area (Å²) in [6.07, 6.45) is 0. The third kappa shape index (κ3) is 4.04. The summed E-state index contributed by atoms with van der Waals surface area (Å²) in [5.74, 6) is 0.912. The van der Waals surface area contributed by atoms with Crippen LogP contribution in [0.3, 0.4) is 0 Å². The zero-order chi connectivity index (χ0) is 21.1. The molecule has 0 aliphatic rings. The zero-order valence-electron chi connectivity index (χ0n) is 16.6. The maximum absolute atomic E-state index is 13.0. The lowest BCUT2D eigenvalue weighted by Crippen LogP contribution is -2.21. The van der Waals surface area contributed by atoms with E-state index in [0.29, 0.717) is 33.5 Å². The Balaban J connectivity index is 1.86. The van der Waals surface area contributed by atoms with Gasteiger partial charge in [0.1, 0.15) is 11.3 Å². The van der Waals surface area contributed by atoms with Crippen LogP contribution >= 0.6 is 11.3 Å². The molecule has 7 nitrogen and oxygen atoms in total. The second-order valence-electron chi connectivity index (χ2n) is 6.40. The first-order valence-electron chi connectivity index (χ1n) is 9.10. The Bertz CT molecular complexity index is 1280. The van der Waals surface area contributed by atoms with Crippen molar-refractivity contribution in [2.24, 2.45) is 4.99 Å². The number of hydrogen-bond acceptors (Lipinski definition) is 7. The molecule has 1 amide bonds. The molecule has 0 spiro atoms. The van der Waals surface area contributed by atoms with Gasteiger partial charge in [0.25, 0.3) is 5.91 Å². The van der Waals surface area contributed by atoms with Gasteiger partial charge in [-0.25, -0.2) is 9.98 Å². The molecular weight excluding hydrogens is 402 g/mol. The standard InChI is InChI=1S/C22H19N3O4S/c1-13-12-30-22(23-13)25-20(26)17-11-14-5-4-6-18(28-3)19(14)29-21(17)24-15-7-9-16(27-2)10-8-15/h4-12H,1-3H3,(H,23,25,26). The van der Waals surface area contributed by atoms with Crippen molar-refractivity contribution < 1.29 is 18.7 Å². The third-order valence-electron chi connectivity index (χ3n) is 4.35. The van der Waals surface area contributed by atoms with Crippen LogP contribution in [0.5, 0.6) is 11.5 Å². The second kappa shape index (κ2) is 8.38. The predicted molar refractivity (Wildman–Crippen MR) is 116 cm³/mol. The minimum atomic E-state index is -0.356. The number of carbonyl (C=O) groups is 1. The molecule has 0 saturated carbocycles. The number of methoxy groups -OCH3 is 2. The predicted octanol–water partition coefficient (Wildman–Crippen LogP) is 4.70. The lowest BCUT2D eigenvalue weighted by atomic mass is 10.1. The fourth-order valence-corrected chi connectivity index (χ4v) is 3.56. The van der Waals surface area contributed by atoms with E-state index < -0.39 is 0 Å². The van der Waals surface area contributed by atoms with Crippen molar-refractivity contribution in [1.82, 2.24) is 4.98 Å². The van der Waals surface area contributed by atoms with Crippen molar-refractivity contribution in [1.29, 1.82) is 0 Å². The highest BCUT2D eigenvalue weighted by molar-refractivity contribution is 7.13. The Hall–Kier alpha value is -3.65. The molecule has 2 aromatic carbocycles. The SMILES string of the molecule is COc1ccc(N=c2oc3c(OC)cccc3cc2C(=O)Nc2nc(C)cs2)cc1. The molecule has 0 bridgehead atoms. The number of fused-ring (bicyclic) bond motifs is 1.